The van der Waals surface area contributed by atoms with Gasteiger partial charge >= 0.3 is 0 Å². The molecule has 0 radical (unpaired) electrons. The van der Waals surface area contributed by atoms with Crippen LogP contribution in [0.1, 0.15) is 22.3 Å². The second kappa shape index (κ2) is 7.51. The smallest absolute Gasteiger partial charge is 0.230 e. The second-order valence-electron chi connectivity index (χ2n) is 6.67. The predicted molar refractivity (Wildman–Crippen MR) is 101 cm³/mol. The van der Waals surface area contributed by atoms with Crippen molar-refractivity contribution >= 4 is 16.3 Å². The molecule has 7 nitrogen and oxygen atoms in total. The van der Waals surface area contributed by atoms with Crippen LogP contribution >= 0.6 is 11.3 Å². The molecular formula is C18H22FN5O2S. The van der Waals surface area contributed by atoms with E-state index < -0.39 is 6.04 Å². The molecule has 0 saturated carbocycles. The molecule has 2 N–H and O–H groups in total. The fourth-order valence-electron chi connectivity index (χ4n) is 3.61. The van der Waals surface area contributed by atoms with E-state index in [1.165, 1.54) is 21.9 Å². The van der Waals surface area contributed by atoms with Gasteiger partial charge in [-0.15, -0.1) is 5.10 Å². The number of aryl methyl sites for hydroxylation is 1. The summed E-state index contributed by atoms with van der Waals surface area (Å²) in [5, 5.41) is 24.2. The molecule has 1 aromatic carbocycles. The molecule has 144 valence electrons. The third kappa shape index (κ3) is 3.43. The van der Waals surface area contributed by atoms with Crippen molar-refractivity contribution in [2.75, 3.05) is 39.3 Å². The molecule has 1 aliphatic rings. The van der Waals surface area contributed by atoms with Crippen molar-refractivity contribution in [2.24, 2.45) is 0 Å². The fraction of sp³-hybridized carbons (Fsp3) is 0.444. The van der Waals surface area contributed by atoms with Crippen LogP contribution in [0.4, 0.5) is 4.39 Å². The van der Waals surface area contributed by atoms with E-state index in [1.54, 1.807) is 19.1 Å². The molecule has 27 heavy (non-hydrogen) atoms. The number of halogens is 1. The van der Waals surface area contributed by atoms with E-state index in [-0.39, 0.29) is 18.3 Å². The maximum Gasteiger partial charge on any atom is 0.230 e. The van der Waals surface area contributed by atoms with Crippen LogP contribution in [0.3, 0.4) is 0 Å². The molecule has 0 spiro atoms. The number of benzene rings is 1. The lowest BCUT2D eigenvalue weighted by Crippen LogP contribution is -2.48. The van der Waals surface area contributed by atoms with Gasteiger partial charge in [0.2, 0.25) is 10.8 Å². The van der Waals surface area contributed by atoms with Gasteiger partial charge in [-0.2, -0.15) is 4.52 Å². The van der Waals surface area contributed by atoms with Crippen molar-refractivity contribution in [1.29, 1.82) is 0 Å². The molecule has 1 atom stereocenters. The molecule has 9 heteroatoms. The summed E-state index contributed by atoms with van der Waals surface area (Å²) in [5.41, 5.74) is 0.532. The highest BCUT2D eigenvalue weighted by Gasteiger charge is 2.33. The van der Waals surface area contributed by atoms with Crippen molar-refractivity contribution in [3.05, 3.63) is 46.3 Å². The highest BCUT2D eigenvalue weighted by Crippen LogP contribution is 2.40. The van der Waals surface area contributed by atoms with Crippen LogP contribution < -0.4 is 0 Å². The molecule has 3 heterocycles. The van der Waals surface area contributed by atoms with E-state index in [0.29, 0.717) is 40.9 Å². The first-order chi connectivity index (χ1) is 13.1. The highest BCUT2D eigenvalue weighted by molar-refractivity contribution is 7.17. The number of piperazine rings is 1. The molecule has 0 amide bonds. The fourth-order valence-corrected chi connectivity index (χ4v) is 4.77. The number of aromatic hydroxyl groups is 1. The summed E-state index contributed by atoms with van der Waals surface area (Å²) in [6.45, 7) is 5.53. The van der Waals surface area contributed by atoms with Crippen molar-refractivity contribution in [1.82, 2.24) is 24.4 Å². The minimum absolute atomic E-state index is 0.0154. The lowest BCUT2D eigenvalue weighted by molar-refractivity contribution is 0.0936. The van der Waals surface area contributed by atoms with E-state index in [4.69, 9.17) is 5.11 Å². The van der Waals surface area contributed by atoms with Gasteiger partial charge in [0, 0.05) is 38.3 Å². The topological polar surface area (TPSA) is 77.1 Å². The molecule has 0 aliphatic carbocycles. The molecule has 1 saturated heterocycles. The molecule has 4 rings (SSSR count). The van der Waals surface area contributed by atoms with E-state index in [1.807, 2.05) is 6.07 Å². The van der Waals surface area contributed by atoms with E-state index in [9.17, 15) is 9.50 Å². The first-order valence-electron chi connectivity index (χ1n) is 8.95. The van der Waals surface area contributed by atoms with E-state index in [0.717, 1.165) is 13.1 Å². The minimum Gasteiger partial charge on any atom is -0.492 e. The standard InChI is InChI=1S/C18H22FN5O2S/c1-12-20-18-24(21-12)17(26)16(27-18)15(13-4-2-3-5-14(13)19)23-8-6-22(7-9-23)10-11-25/h2-5,15,25-26H,6-11H2,1H3. The van der Waals surface area contributed by atoms with Crippen LogP contribution in [0.15, 0.2) is 24.3 Å². The molecule has 1 aliphatic heterocycles. The van der Waals surface area contributed by atoms with Gasteiger partial charge in [0.1, 0.15) is 11.6 Å². The molecule has 1 unspecified atom stereocenters. The summed E-state index contributed by atoms with van der Waals surface area (Å²) in [5.74, 6) is 0.305. The monoisotopic (exact) mass is 391 g/mol. The second-order valence-corrected chi connectivity index (χ2v) is 7.68. The number of fused-ring (bicyclic) bond motifs is 1. The SMILES string of the molecule is Cc1nc2sc(C(c3ccccc3F)N3CCN(CCO)CC3)c(O)n2n1. The Morgan fingerprint density at radius 2 is 1.96 bits per heavy atom. The Morgan fingerprint density at radius 3 is 2.63 bits per heavy atom. The number of rotatable bonds is 5. The van der Waals surface area contributed by atoms with Gasteiger partial charge in [0.15, 0.2) is 0 Å². The maximum atomic E-state index is 14.7. The minimum atomic E-state index is -0.406. The number of hydrogen-bond donors (Lipinski definition) is 2. The Labute approximate surface area is 160 Å². The molecular weight excluding hydrogens is 369 g/mol. The third-order valence-electron chi connectivity index (χ3n) is 4.94. The average molecular weight is 391 g/mol. The lowest BCUT2D eigenvalue weighted by atomic mass is 10.0. The third-order valence-corrected chi connectivity index (χ3v) is 6.01. The number of nitrogens with zero attached hydrogens (tertiary/aromatic N) is 5. The number of aliphatic hydroxyl groups excluding tert-OH is 1. The van der Waals surface area contributed by atoms with Gasteiger partial charge in [0.25, 0.3) is 0 Å². The van der Waals surface area contributed by atoms with Crippen molar-refractivity contribution in [2.45, 2.75) is 13.0 Å². The van der Waals surface area contributed by atoms with Crippen LogP contribution in [-0.4, -0.2) is 73.9 Å². The predicted octanol–water partition coefficient (Wildman–Crippen LogP) is 1.64. The summed E-state index contributed by atoms with van der Waals surface area (Å²) >= 11 is 1.34. The van der Waals surface area contributed by atoms with Crippen LogP contribution in [-0.2, 0) is 0 Å². The van der Waals surface area contributed by atoms with Crippen LogP contribution in [0.25, 0.3) is 4.96 Å². The summed E-state index contributed by atoms with van der Waals surface area (Å²) < 4.78 is 16.1. The first-order valence-corrected chi connectivity index (χ1v) is 9.77. The van der Waals surface area contributed by atoms with Gasteiger partial charge in [-0.3, -0.25) is 9.80 Å². The zero-order chi connectivity index (χ0) is 19.0. The Balaban J connectivity index is 1.73. The number of β-amino-alcohol motifs (C(OH)–C–C–N with tert-alkyl or cyclic N) is 1. The Kier molecular flexibility index (Phi) is 5.09. The van der Waals surface area contributed by atoms with Gasteiger partial charge in [-0.25, -0.2) is 9.37 Å². The zero-order valence-corrected chi connectivity index (χ0v) is 15.9. The van der Waals surface area contributed by atoms with Gasteiger partial charge < -0.3 is 10.2 Å². The zero-order valence-electron chi connectivity index (χ0n) is 15.0. The van der Waals surface area contributed by atoms with Gasteiger partial charge in [-0.1, -0.05) is 29.5 Å². The average Bonchev–Trinajstić information content (AvgIpc) is 3.16. The summed E-state index contributed by atoms with van der Waals surface area (Å²) in [6, 6.07) is 6.28. The maximum absolute atomic E-state index is 14.7. The molecule has 0 bridgehead atoms. The number of hydrogen-bond acceptors (Lipinski definition) is 7. The number of aromatic nitrogens is 3. The molecule has 2 aromatic heterocycles. The Bertz CT molecular complexity index is 935. The van der Waals surface area contributed by atoms with Crippen molar-refractivity contribution in [3.63, 3.8) is 0 Å². The Hall–Kier alpha value is -2.07. The van der Waals surface area contributed by atoms with Crippen LogP contribution in [0, 0.1) is 12.7 Å². The van der Waals surface area contributed by atoms with Gasteiger partial charge in [0.05, 0.1) is 17.5 Å². The number of thiazole rings is 1. The normalized spacial score (nSPS) is 17.6. The highest BCUT2D eigenvalue weighted by atomic mass is 32.1. The molecule has 3 aromatic rings. The number of aliphatic hydroxyl groups is 1. The van der Waals surface area contributed by atoms with Gasteiger partial charge in [-0.05, 0) is 13.0 Å². The Morgan fingerprint density at radius 1 is 1.22 bits per heavy atom. The summed E-state index contributed by atoms with van der Waals surface area (Å²) in [4.78, 5) is 9.93. The van der Waals surface area contributed by atoms with Crippen molar-refractivity contribution in [3.8, 4) is 5.88 Å². The summed E-state index contributed by atoms with van der Waals surface area (Å²) in [6.07, 6.45) is 0. The van der Waals surface area contributed by atoms with Crippen LogP contribution in [0.2, 0.25) is 0 Å². The summed E-state index contributed by atoms with van der Waals surface area (Å²) in [7, 11) is 0. The largest absolute Gasteiger partial charge is 0.492 e. The van der Waals surface area contributed by atoms with E-state index in [2.05, 4.69) is 19.9 Å². The first kappa shape index (κ1) is 18.3. The van der Waals surface area contributed by atoms with E-state index >= 15 is 0 Å². The quantitative estimate of drug-likeness (QED) is 0.689. The van der Waals surface area contributed by atoms with Crippen molar-refractivity contribution < 1.29 is 14.6 Å². The van der Waals surface area contributed by atoms with Crippen LogP contribution in [0.5, 0.6) is 5.88 Å². The lowest BCUT2D eigenvalue weighted by Gasteiger charge is -2.39. The molecule has 1 fully saturated rings.